The van der Waals surface area contributed by atoms with Crippen molar-refractivity contribution in [3.05, 3.63) is 11.5 Å². The summed E-state index contributed by atoms with van der Waals surface area (Å²) in [6.45, 7) is 8.46. The Morgan fingerprint density at radius 1 is 1.56 bits per heavy atom. The Hall–Kier alpha value is -1.14. The molecule has 2 aliphatic rings. The van der Waals surface area contributed by atoms with E-state index < -0.39 is 0 Å². The molecule has 0 aromatic carbocycles. The van der Waals surface area contributed by atoms with Gasteiger partial charge in [-0.1, -0.05) is 6.58 Å². The number of thioether (sulfide) groups is 1. The van der Waals surface area contributed by atoms with E-state index in [9.17, 15) is 4.79 Å². The average molecular weight is 240 g/mol. The molecule has 6 heteroatoms. The minimum absolute atomic E-state index is 0.122. The molecule has 1 N–H and O–H groups in total. The maximum absolute atomic E-state index is 10.9. The lowest BCUT2D eigenvalue weighted by Gasteiger charge is -2.13. The molecule has 0 aromatic rings. The second kappa shape index (κ2) is 4.80. The second-order valence-corrected chi connectivity index (χ2v) is 4.61. The summed E-state index contributed by atoms with van der Waals surface area (Å²) in [5.74, 6) is 0.447. The predicted molar refractivity (Wildman–Crippen MR) is 63.8 cm³/mol. The van der Waals surface area contributed by atoms with E-state index in [1.165, 1.54) is 18.7 Å². The van der Waals surface area contributed by atoms with Crippen LogP contribution in [-0.2, 0) is 9.53 Å². The normalized spacial score (nSPS) is 21.1. The van der Waals surface area contributed by atoms with E-state index in [4.69, 9.17) is 4.74 Å². The number of carbonyl (C=O) groups excluding carboxylic acids is 1. The summed E-state index contributed by atoms with van der Waals surface area (Å²) >= 11 is 1.50. The fourth-order valence-corrected chi connectivity index (χ4v) is 2.36. The molecule has 0 aromatic heterocycles. The van der Waals surface area contributed by atoms with Gasteiger partial charge >= 0.3 is 5.17 Å². The molecule has 0 radical (unpaired) electrons. The molecule has 1 amide bonds. The number of hydrogen-bond donors (Lipinski definition) is 1. The average Bonchev–Trinajstić information content (AvgIpc) is 2.61. The third-order valence-corrected chi connectivity index (χ3v) is 3.23. The first-order valence-corrected chi connectivity index (χ1v) is 5.91. The Labute approximate surface area is 98.3 Å². The van der Waals surface area contributed by atoms with Crippen LogP contribution in [-0.4, -0.2) is 47.8 Å². The maximum atomic E-state index is 10.9. The molecule has 86 valence electrons. The molecule has 0 bridgehead atoms. The number of morpholine rings is 1. The Kier molecular flexibility index (Phi) is 3.40. The smallest absolute Gasteiger partial charge is 0.362 e. The molecule has 2 aliphatic heterocycles. The van der Waals surface area contributed by atoms with E-state index in [0.717, 1.165) is 36.4 Å². The molecule has 5 nitrogen and oxygen atoms in total. The molecule has 2 rings (SSSR count). The number of ether oxygens (including phenoxy) is 1. The van der Waals surface area contributed by atoms with Crippen LogP contribution in [0.5, 0.6) is 0 Å². The summed E-state index contributed by atoms with van der Waals surface area (Å²) in [4.78, 5) is 16.1. The number of carbonyl (C=O) groups is 1. The van der Waals surface area contributed by atoms with Crippen LogP contribution in [0.25, 0.3) is 0 Å². The number of hydrogen-bond acceptors (Lipinski definition) is 3. The van der Waals surface area contributed by atoms with Crippen LogP contribution >= 0.6 is 11.8 Å². The van der Waals surface area contributed by atoms with Crippen molar-refractivity contribution in [2.75, 3.05) is 26.3 Å². The van der Waals surface area contributed by atoms with Gasteiger partial charge in [0.25, 0.3) is 5.84 Å². The minimum atomic E-state index is -0.122. The highest BCUT2D eigenvalue weighted by Crippen LogP contribution is 2.24. The summed E-state index contributed by atoms with van der Waals surface area (Å²) in [5.41, 5.74) is 0. The van der Waals surface area contributed by atoms with Crippen LogP contribution in [0.2, 0.25) is 0 Å². The largest absolute Gasteiger partial charge is 0.373 e. The Bertz CT molecular complexity index is 393. The van der Waals surface area contributed by atoms with E-state index in [-0.39, 0.29) is 5.91 Å². The Morgan fingerprint density at radius 3 is 2.88 bits per heavy atom. The monoisotopic (exact) mass is 240 g/mol. The van der Waals surface area contributed by atoms with Gasteiger partial charge < -0.3 is 4.74 Å². The zero-order valence-electron chi connectivity index (χ0n) is 9.15. The van der Waals surface area contributed by atoms with E-state index in [2.05, 4.69) is 21.5 Å². The lowest BCUT2D eigenvalue weighted by atomic mass is 10.5. The standard InChI is InChI=1S/C10H13N3O2S/c1-7-9(11-8(2)14)12-10(16-7)13-3-5-15-6-4-13/h1,3-6H2,2H3/p+1. The van der Waals surface area contributed by atoms with E-state index in [1.54, 1.807) is 0 Å². The number of rotatable bonds is 0. The molecule has 16 heavy (non-hydrogen) atoms. The molecule has 0 aliphatic carbocycles. The first kappa shape index (κ1) is 11.3. The van der Waals surface area contributed by atoms with Crippen molar-refractivity contribution in [3.8, 4) is 0 Å². The highest BCUT2D eigenvalue weighted by Gasteiger charge is 2.30. The van der Waals surface area contributed by atoms with Crippen molar-refractivity contribution in [1.29, 1.82) is 0 Å². The van der Waals surface area contributed by atoms with Crippen molar-refractivity contribution < 1.29 is 14.1 Å². The number of amides is 1. The van der Waals surface area contributed by atoms with Crippen LogP contribution in [0, 0.1) is 0 Å². The van der Waals surface area contributed by atoms with Gasteiger partial charge in [0.15, 0.2) is 0 Å². The van der Waals surface area contributed by atoms with Gasteiger partial charge in [-0.05, 0) is 4.99 Å². The van der Waals surface area contributed by atoms with Gasteiger partial charge in [0.2, 0.25) is 5.91 Å². The van der Waals surface area contributed by atoms with Gasteiger partial charge in [-0.25, -0.2) is 4.58 Å². The summed E-state index contributed by atoms with van der Waals surface area (Å²) < 4.78 is 7.42. The fourth-order valence-electron chi connectivity index (χ4n) is 1.49. The topological polar surface area (TPSA) is 53.7 Å². The third kappa shape index (κ3) is 2.51. The molecule has 2 heterocycles. The first-order valence-electron chi connectivity index (χ1n) is 5.10. The zero-order chi connectivity index (χ0) is 11.5. The van der Waals surface area contributed by atoms with Crippen molar-refractivity contribution in [3.63, 3.8) is 0 Å². The summed E-state index contributed by atoms with van der Waals surface area (Å²) in [5, 5.41) is 3.57. The summed E-state index contributed by atoms with van der Waals surface area (Å²) in [6, 6.07) is 0. The molecule has 1 saturated heterocycles. The molecule has 0 spiro atoms. The zero-order valence-corrected chi connectivity index (χ0v) is 9.97. The van der Waals surface area contributed by atoms with E-state index in [1.807, 2.05) is 0 Å². The van der Waals surface area contributed by atoms with Crippen LogP contribution in [0.3, 0.4) is 0 Å². The minimum Gasteiger partial charge on any atom is -0.373 e. The number of nitrogens with zero attached hydrogens (tertiary/aromatic N) is 2. The Balaban J connectivity index is 2.16. The number of nitrogens with one attached hydrogen (secondary N) is 1. The third-order valence-electron chi connectivity index (χ3n) is 2.26. The van der Waals surface area contributed by atoms with Crippen molar-refractivity contribution >= 4 is 28.7 Å². The predicted octanol–water partition coefficient (Wildman–Crippen LogP) is 0.180. The van der Waals surface area contributed by atoms with Crippen molar-refractivity contribution in [2.24, 2.45) is 4.99 Å². The lowest BCUT2D eigenvalue weighted by molar-refractivity contribution is -0.547. The van der Waals surface area contributed by atoms with Crippen LogP contribution < -0.4 is 5.32 Å². The molecule has 1 fully saturated rings. The summed E-state index contributed by atoms with van der Waals surface area (Å²) in [6.07, 6.45) is 0. The van der Waals surface area contributed by atoms with Crippen molar-refractivity contribution in [1.82, 2.24) is 5.32 Å². The van der Waals surface area contributed by atoms with E-state index >= 15 is 0 Å². The SMILES string of the molecule is C=C1SC(=[N+]2CCOCC2)N=C1NC(C)=O. The van der Waals surface area contributed by atoms with E-state index in [0.29, 0.717) is 5.84 Å². The van der Waals surface area contributed by atoms with Gasteiger partial charge in [-0.2, -0.15) is 0 Å². The van der Waals surface area contributed by atoms with Gasteiger partial charge in [-0.15, -0.1) is 0 Å². The van der Waals surface area contributed by atoms with Gasteiger partial charge in [0.1, 0.15) is 13.1 Å². The summed E-state index contributed by atoms with van der Waals surface area (Å²) in [7, 11) is 0. The molecule has 0 atom stereocenters. The quantitative estimate of drug-likeness (QED) is 0.615. The van der Waals surface area contributed by atoms with Gasteiger partial charge in [0.05, 0.1) is 18.1 Å². The van der Waals surface area contributed by atoms with Crippen molar-refractivity contribution in [2.45, 2.75) is 6.92 Å². The van der Waals surface area contributed by atoms with Gasteiger partial charge in [0, 0.05) is 18.7 Å². The molecule has 0 unspecified atom stereocenters. The van der Waals surface area contributed by atoms with Crippen LogP contribution in [0.15, 0.2) is 16.5 Å². The molecule has 0 saturated carbocycles. The van der Waals surface area contributed by atoms with Gasteiger partial charge in [-0.3, -0.25) is 10.1 Å². The fraction of sp³-hybridized carbons (Fsp3) is 0.500. The highest BCUT2D eigenvalue weighted by atomic mass is 32.2. The molecular formula is C10H14N3O2S+. The maximum Gasteiger partial charge on any atom is 0.362 e. The van der Waals surface area contributed by atoms with Crippen LogP contribution in [0.4, 0.5) is 0 Å². The Morgan fingerprint density at radius 2 is 2.25 bits per heavy atom. The lowest BCUT2D eigenvalue weighted by Crippen LogP contribution is -2.31. The second-order valence-electron chi connectivity index (χ2n) is 3.55. The highest BCUT2D eigenvalue weighted by molar-refractivity contribution is 8.18. The van der Waals surface area contributed by atoms with Crippen LogP contribution in [0.1, 0.15) is 6.92 Å². The number of amidine groups is 2. The first-order chi connectivity index (χ1) is 7.66. The molecular weight excluding hydrogens is 226 g/mol. The number of aliphatic imine (C=N–C) groups is 1.